The maximum atomic E-state index is 12.2. The Morgan fingerprint density at radius 2 is 2.05 bits per heavy atom. The molecule has 3 rings (SSSR count). The second-order valence-corrected chi connectivity index (χ2v) is 6.96. The van der Waals surface area contributed by atoms with Crippen molar-refractivity contribution in [2.45, 2.75) is 39.5 Å². The van der Waals surface area contributed by atoms with Crippen molar-refractivity contribution in [1.29, 1.82) is 0 Å². The number of nitrogens with zero attached hydrogens (tertiary/aromatic N) is 1. The Hall–Kier alpha value is -1.75. The fraction of sp³-hybridized carbons (Fsp3) is 0.588. The van der Waals surface area contributed by atoms with Gasteiger partial charge in [-0.1, -0.05) is 13.8 Å². The standard InChI is InChI=1S/C17H22N2O3/c1-10(2)16(21)15-14(19-11(3)20)4-12(7-18-15)13-5-17(6-13)8-22-9-17/h4,7,10,13H,5-6,8-9H2,1-3H3,(H,19,20). The molecule has 0 atom stereocenters. The first-order valence-corrected chi connectivity index (χ1v) is 7.80. The minimum Gasteiger partial charge on any atom is -0.380 e. The minimum atomic E-state index is -0.186. The molecule has 1 amide bonds. The second kappa shape index (κ2) is 5.47. The molecular formula is C17H22N2O3. The van der Waals surface area contributed by atoms with Crippen molar-refractivity contribution >= 4 is 17.4 Å². The monoisotopic (exact) mass is 302 g/mol. The maximum Gasteiger partial charge on any atom is 0.221 e. The highest BCUT2D eigenvalue weighted by Crippen LogP contribution is 2.55. The van der Waals surface area contributed by atoms with Gasteiger partial charge in [0, 0.05) is 24.5 Å². The number of aromatic nitrogens is 1. The number of Topliss-reactive ketones (excluding diaryl/α,β-unsaturated/α-hetero) is 1. The zero-order chi connectivity index (χ0) is 15.9. The molecule has 1 aromatic rings. The number of rotatable bonds is 4. The Kier molecular flexibility index (Phi) is 3.77. The van der Waals surface area contributed by atoms with E-state index in [2.05, 4.69) is 10.3 Å². The van der Waals surface area contributed by atoms with Crippen molar-refractivity contribution in [2.75, 3.05) is 18.5 Å². The van der Waals surface area contributed by atoms with E-state index in [9.17, 15) is 9.59 Å². The first-order chi connectivity index (χ1) is 10.4. The summed E-state index contributed by atoms with van der Waals surface area (Å²) in [7, 11) is 0. The van der Waals surface area contributed by atoms with Gasteiger partial charge in [0.1, 0.15) is 5.69 Å². The number of ether oxygens (including phenoxy) is 1. The van der Waals surface area contributed by atoms with Crippen LogP contribution in [0.15, 0.2) is 12.3 Å². The lowest BCUT2D eigenvalue weighted by Gasteiger charge is -2.53. The minimum absolute atomic E-state index is 0.0484. The van der Waals surface area contributed by atoms with Gasteiger partial charge in [0.15, 0.2) is 5.78 Å². The molecule has 5 heteroatoms. The van der Waals surface area contributed by atoms with Crippen LogP contribution in [0.25, 0.3) is 0 Å². The molecule has 2 heterocycles. The smallest absolute Gasteiger partial charge is 0.221 e. The molecule has 118 valence electrons. The van der Waals surface area contributed by atoms with Crippen LogP contribution in [0.1, 0.15) is 55.6 Å². The molecular weight excluding hydrogens is 280 g/mol. The van der Waals surface area contributed by atoms with Gasteiger partial charge >= 0.3 is 0 Å². The van der Waals surface area contributed by atoms with Crippen LogP contribution >= 0.6 is 0 Å². The normalized spacial score (nSPS) is 19.6. The highest BCUT2D eigenvalue weighted by Gasteiger charge is 2.50. The molecule has 1 aromatic heterocycles. The van der Waals surface area contributed by atoms with Crippen LogP contribution in [0.3, 0.4) is 0 Å². The van der Waals surface area contributed by atoms with E-state index in [1.165, 1.54) is 6.92 Å². The lowest BCUT2D eigenvalue weighted by atomic mass is 9.59. The molecule has 5 nitrogen and oxygen atoms in total. The number of nitrogens with one attached hydrogen (secondary N) is 1. The molecule has 1 saturated carbocycles. The number of anilines is 1. The van der Waals surface area contributed by atoms with E-state index in [0.29, 0.717) is 22.7 Å². The largest absolute Gasteiger partial charge is 0.380 e. The van der Waals surface area contributed by atoms with E-state index >= 15 is 0 Å². The molecule has 22 heavy (non-hydrogen) atoms. The molecule has 1 aliphatic heterocycles. The molecule has 1 spiro atoms. The van der Waals surface area contributed by atoms with E-state index in [1.54, 1.807) is 6.20 Å². The van der Waals surface area contributed by atoms with E-state index in [0.717, 1.165) is 31.6 Å². The summed E-state index contributed by atoms with van der Waals surface area (Å²) >= 11 is 0. The van der Waals surface area contributed by atoms with Crippen molar-refractivity contribution < 1.29 is 14.3 Å². The summed E-state index contributed by atoms with van der Waals surface area (Å²) in [4.78, 5) is 28.0. The third-order valence-corrected chi connectivity index (χ3v) is 4.62. The van der Waals surface area contributed by atoms with Gasteiger partial charge < -0.3 is 10.1 Å². The highest BCUT2D eigenvalue weighted by molar-refractivity contribution is 6.03. The first-order valence-electron chi connectivity index (χ1n) is 7.80. The zero-order valence-electron chi connectivity index (χ0n) is 13.3. The van der Waals surface area contributed by atoms with Crippen LogP contribution < -0.4 is 5.32 Å². The fourth-order valence-electron chi connectivity index (χ4n) is 3.31. The van der Waals surface area contributed by atoms with Gasteiger partial charge in [-0.25, -0.2) is 0 Å². The van der Waals surface area contributed by atoms with Crippen LogP contribution in [0.4, 0.5) is 5.69 Å². The van der Waals surface area contributed by atoms with Crippen LogP contribution in [-0.2, 0) is 9.53 Å². The van der Waals surface area contributed by atoms with Crippen LogP contribution in [-0.4, -0.2) is 29.9 Å². The summed E-state index contributed by atoms with van der Waals surface area (Å²) in [5.74, 6) is 0.0686. The number of carbonyl (C=O) groups excluding carboxylic acids is 2. The summed E-state index contributed by atoms with van der Waals surface area (Å²) in [5.41, 5.74) is 2.37. The average Bonchev–Trinajstić information content (AvgIpc) is 2.34. The quantitative estimate of drug-likeness (QED) is 0.868. The molecule has 0 bridgehead atoms. The van der Waals surface area contributed by atoms with E-state index < -0.39 is 0 Å². The van der Waals surface area contributed by atoms with Crippen LogP contribution in [0.5, 0.6) is 0 Å². The molecule has 2 aliphatic rings. The van der Waals surface area contributed by atoms with Gasteiger partial charge in [-0.3, -0.25) is 14.6 Å². The van der Waals surface area contributed by atoms with Gasteiger partial charge in [0.05, 0.1) is 18.9 Å². The SMILES string of the molecule is CC(=O)Nc1cc(C2CC3(COC3)C2)cnc1C(=O)C(C)C. The summed E-state index contributed by atoms with van der Waals surface area (Å²) in [5, 5.41) is 2.75. The lowest BCUT2D eigenvalue weighted by molar-refractivity contribution is -0.164. The zero-order valence-corrected chi connectivity index (χ0v) is 13.3. The van der Waals surface area contributed by atoms with Gasteiger partial charge in [-0.15, -0.1) is 0 Å². The lowest BCUT2D eigenvalue weighted by Crippen LogP contribution is -2.51. The first kappa shape index (κ1) is 15.2. The Morgan fingerprint density at radius 3 is 2.55 bits per heavy atom. The predicted molar refractivity (Wildman–Crippen MR) is 82.9 cm³/mol. The number of pyridine rings is 1. The number of ketones is 1. The summed E-state index contributed by atoms with van der Waals surface area (Å²) < 4.78 is 5.30. The van der Waals surface area contributed by atoms with Crippen LogP contribution in [0, 0.1) is 11.3 Å². The third-order valence-electron chi connectivity index (χ3n) is 4.62. The van der Waals surface area contributed by atoms with Gasteiger partial charge in [-0.05, 0) is 30.4 Å². The third kappa shape index (κ3) is 2.65. The number of hydrogen-bond donors (Lipinski definition) is 1. The van der Waals surface area contributed by atoms with Gasteiger partial charge in [0.25, 0.3) is 0 Å². The fourth-order valence-corrected chi connectivity index (χ4v) is 3.31. The van der Waals surface area contributed by atoms with Crippen molar-refractivity contribution in [2.24, 2.45) is 11.3 Å². The van der Waals surface area contributed by atoms with Crippen molar-refractivity contribution in [3.8, 4) is 0 Å². The molecule has 0 unspecified atom stereocenters. The van der Waals surface area contributed by atoms with Gasteiger partial charge in [0.2, 0.25) is 5.91 Å². The number of hydrogen-bond acceptors (Lipinski definition) is 4. The molecule has 0 radical (unpaired) electrons. The average molecular weight is 302 g/mol. The molecule has 1 N–H and O–H groups in total. The van der Waals surface area contributed by atoms with E-state index in [4.69, 9.17) is 4.74 Å². The van der Waals surface area contributed by atoms with E-state index in [-0.39, 0.29) is 17.6 Å². The topological polar surface area (TPSA) is 68.3 Å². The number of carbonyl (C=O) groups is 2. The number of amides is 1. The van der Waals surface area contributed by atoms with Gasteiger partial charge in [-0.2, -0.15) is 0 Å². The molecule has 2 fully saturated rings. The highest BCUT2D eigenvalue weighted by atomic mass is 16.5. The predicted octanol–water partition coefficient (Wildman–Crippen LogP) is 2.77. The van der Waals surface area contributed by atoms with E-state index in [1.807, 2.05) is 19.9 Å². The second-order valence-electron chi connectivity index (χ2n) is 6.96. The van der Waals surface area contributed by atoms with Crippen molar-refractivity contribution in [3.05, 3.63) is 23.5 Å². The maximum absolute atomic E-state index is 12.2. The Balaban J connectivity index is 1.84. The molecule has 0 aromatic carbocycles. The summed E-state index contributed by atoms with van der Waals surface area (Å²) in [6.45, 7) is 6.84. The summed E-state index contributed by atoms with van der Waals surface area (Å²) in [6, 6.07) is 1.92. The van der Waals surface area contributed by atoms with Crippen molar-refractivity contribution in [1.82, 2.24) is 4.98 Å². The Labute approximate surface area is 130 Å². The molecule has 1 aliphatic carbocycles. The van der Waals surface area contributed by atoms with Crippen molar-refractivity contribution in [3.63, 3.8) is 0 Å². The Morgan fingerprint density at radius 1 is 1.36 bits per heavy atom. The summed E-state index contributed by atoms with van der Waals surface area (Å²) in [6.07, 6.45) is 4.00. The molecule has 1 saturated heterocycles. The Bertz CT molecular complexity index is 612. The van der Waals surface area contributed by atoms with Crippen LogP contribution in [0.2, 0.25) is 0 Å².